The number of hydrogen-bond acceptors (Lipinski definition) is 5. The molecule has 4 bridgehead atoms. The van der Waals surface area contributed by atoms with Crippen molar-refractivity contribution in [1.29, 1.82) is 0 Å². The summed E-state index contributed by atoms with van der Waals surface area (Å²) in [6, 6.07) is 0. The predicted molar refractivity (Wildman–Crippen MR) is 119 cm³/mol. The van der Waals surface area contributed by atoms with Crippen molar-refractivity contribution in [1.82, 2.24) is 0 Å². The second kappa shape index (κ2) is 8.73. The van der Waals surface area contributed by atoms with Crippen molar-refractivity contribution in [3.05, 3.63) is 24.3 Å². The minimum Gasteiger partial charge on any atom is -0.481 e. The largest absolute Gasteiger partial charge is 0.481 e. The van der Waals surface area contributed by atoms with Crippen molar-refractivity contribution in [3.63, 3.8) is 0 Å². The Bertz CT molecular complexity index is 832. The van der Waals surface area contributed by atoms with Gasteiger partial charge in [-0.25, -0.2) is 0 Å². The lowest BCUT2D eigenvalue weighted by Gasteiger charge is -2.35. The van der Waals surface area contributed by atoms with Gasteiger partial charge in [-0.1, -0.05) is 63.8 Å². The zero-order chi connectivity index (χ0) is 24.0. The van der Waals surface area contributed by atoms with Crippen LogP contribution < -0.4 is 0 Å². The van der Waals surface area contributed by atoms with Crippen molar-refractivity contribution in [2.45, 2.75) is 65.2 Å². The van der Waals surface area contributed by atoms with E-state index in [-0.39, 0.29) is 11.8 Å². The molecule has 2 saturated carbocycles. The Hall–Kier alpha value is -2.44. The summed E-state index contributed by atoms with van der Waals surface area (Å²) in [5.74, 6) is -7.92. The molecule has 4 aliphatic carbocycles. The highest BCUT2D eigenvalue weighted by atomic mass is 16.6. The lowest BCUT2D eigenvalue weighted by molar-refractivity contribution is -0.175. The fraction of sp³-hybridized carbons (Fsp3) is 0.692. The number of carboxylic acids is 2. The van der Waals surface area contributed by atoms with Crippen LogP contribution in [0.5, 0.6) is 0 Å². The monoisotopic (exact) mass is 458 g/mol. The van der Waals surface area contributed by atoms with Crippen LogP contribution in [0.15, 0.2) is 24.3 Å². The van der Waals surface area contributed by atoms with Gasteiger partial charge in [0.15, 0.2) is 0 Å². The van der Waals surface area contributed by atoms with Gasteiger partial charge in [0.2, 0.25) is 0 Å². The molecule has 0 aliphatic heterocycles. The number of allylic oxidation sites excluding steroid dienone is 4. The van der Waals surface area contributed by atoms with E-state index in [1.54, 1.807) is 0 Å². The summed E-state index contributed by atoms with van der Waals surface area (Å²) in [6.07, 6.45) is 13.7. The molecule has 0 heterocycles. The molecule has 8 unspecified atom stereocenters. The van der Waals surface area contributed by atoms with Gasteiger partial charge >= 0.3 is 23.9 Å². The maximum absolute atomic E-state index is 13.4. The molecule has 0 aromatic heterocycles. The van der Waals surface area contributed by atoms with Gasteiger partial charge in [0.05, 0.1) is 23.7 Å². The Labute approximate surface area is 194 Å². The van der Waals surface area contributed by atoms with E-state index in [9.17, 15) is 29.4 Å². The van der Waals surface area contributed by atoms with Crippen molar-refractivity contribution in [2.24, 2.45) is 46.3 Å². The van der Waals surface area contributed by atoms with Crippen LogP contribution in [0.4, 0.5) is 0 Å². The third kappa shape index (κ3) is 3.73. The quantitative estimate of drug-likeness (QED) is 0.286. The van der Waals surface area contributed by atoms with E-state index in [1.807, 2.05) is 38.2 Å². The van der Waals surface area contributed by atoms with E-state index in [0.717, 1.165) is 25.7 Å². The zero-order valence-corrected chi connectivity index (χ0v) is 19.4. The number of carbonyl (C=O) groups is 4. The number of rotatable bonds is 10. The third-order valence-electron chi connectivity index (χ3n) is 8.73. The van der Waals surface area contributed by atoms with Crippen LogP contribution in [0, 0.1) is 46.3 Å². The molecule has 180 valence electrons. The van der Waals surface area contributed by atoms with Gasteiger partial charge in [-0.15, -0.1) is 0 Å². The average Bonchev–Trinajstić information content (AvgIpc) is 3.52. The summed E-state index contributed by atoms with van der Waals surface area (Å²) in [5, 5.41) is 19.7. The topological polar surface area (TPSA) is 118 Å². The number of ether oxygens (including phenoxy) is 1. The molecule has 4 aliphatic rings. The fourth-order valence-corrected chi connectivity index (χ4v) is 7.28. The van der Waals surface area contributed by atoms with Crippen molar-refractivity contribution in [3.8, 4) is 0 Å². The summed E-state index contributed by atoms with van der Waals surface area (Å²) in [5.41, 5.74) is -1.22. The van der Waals surface area contributed by atoms with Crippen LogP contribution in [-0.4, -0.2) is 34.1 Å². The van der Waals surface area contributed by atoms with Gasteiger partial charge in [0, 0.05) is 10.8 Å². The fourth-order valence-electron chi connectivity index (χ4n) is 7.28. The Balaban J connectivity index is 1.59. The molecular weight excluding hydrogens is 424 g/mol. The Morgan fingerprint density at radius 3 is 1.52 bits per heavy atom. The highest BCUT2D eigenvalue weighted by Gasteiger charge is 2.63. The minimum absolute atomic E-state index is 0.250. The molecular formula is C26H34O7. The second-order valence-electron chi connectivity index (χ2n) is 10.6. The van der Waals surface area contributed by atoms with E-state index in [2.05, 4.69) is 0 Å². The van der Waals surface area contributed by atoms with E-state index < -0.39 is 58.4 Å². The summed E-state index contributed by atoms with van der Waals surface area (Å²) in [4.78, 5) is 50.9. The van der Waals surface area contributed by atoms with E-state index in [0.29, 0.717) is 25.7 Å². The molecule has 0 amide bonds. The van der Waals surface area contributed by atoms with Crippen molar-refractivity contribution in [2.75, 3.05) is 0 Å². The normalized spacial score (nSPS) is 39.8. The van der Waals surface area contributed by atoms with Crippen LogP contribution >= 0.6 is 0 Å². The lowest BCUT2D eigenvalue weighted by atomic mass is 9.70. The molecule has 7 heteroatoms. The van der Waals surface area contributed by atoms with Crippen molar-refractivity contribution >= 4 is 23.9 Å². The molecule has 7 nitrogen and oxygen atoms in total. The third-order valence-corrected chi connectivity index (χ3v) is 8.73. The van der Waals surface area contributed by atoms with E-state index in [1.165, 1.54) is 0 Å². The first-order chi connectivity index (χ1) is 15.7. The van der Waals surface area contributed by atoms with Crippen LogP contribution in [0.1, 0.15) is 65.2 Å². The molecule has 2 fully saturated rings. The van der Waals surface area contributed by atoms with Gasteiger partial charge in [-0.2, -0.15) is 0 Å². The molecule has 33 heavy (non-hydrogen) atoms. The second-order valence-corrected chi connectivity index (χ2v) is 10.6. The average molecular weight is 459 g/mol. The first-order valence-electron chi connectivity index (χ1n) is 12.3. The number of aliphatic carboxylic acids is 2. The first kappa shape index (κ1) is 23.7. The molecule has 4 rings (SSSR count). The number of carboxylic acid groups (broad SMARTS) is 2. The maximum atomic E-state index is 13.4. The summed E-state index contributed by atoms with van der Waals surface area (Å²) >= 11 is 0. The predicted octanol–water partition coefficient (Wildman–Crippen LogP) is 4.22. The van der Waals surface area contributed by atoms with Gasteiger partial charge < -0.3 is 14.9 Å². The first-order valence-corrected chi connectivity index (χ1v) is 12.3. The van der Waals surface area contributed by atoms with Crippen LogP contribution in [0.3, 0.4) is 0 Å². The number of carbonyl (C=O) groups excluding carboxylic acids is 2. The van der Waals surface area contributed by atoms with Gasteiger partial charge in [-0.3, -0.25) is 19.2 Å². The van der Waals surface area contributed by atoms with Crippen molar-refractivity contribution < 1.29 is 34.1 Å². The highest BCUT2D eigenvalue weighted by Crippen LogP contribution is 2.61. The van der Waals surface area contributed by atoms with Gasteiger partial charge in [0.1, 0.15) is 0 Å². The maximum Gasteiger partial charge on any atom is 0.318 e. The van der Waals surface area contributed by atoms with Crippen LogP contribution in [0.25, 0.3) is 0 Å². The van der Waals surface area contributed by atoms with Gasteiger partial charge in [0.25, 0.3) is 0 Å². The smallest absolute Gasteiger partial charge is 0.318 e. The SMILES string of the molecule is CCCCC12C=CC(C1)C(C(=O)O)C2C(=O)OC(=O)C1C(C(=O)O)C2C=CC1(CCCC)C2. The number of fused-ring (bicyclic) bond motifs is 4. The molecule has 0 radical (unpaired) electrons. The number of unbranched alkanes of at least 4 members (excludes halogenated alkanes) is 2. The molecule has 2 N–H and O–H groups in total. The number of esters is 2. The minimum atomic E-state index is -1.05. The lowest BCUT2D eigenvalue weighted by Crippen LogP contribution is -2.44. The van der Waals surface area contributed by atoms with E-state index >= 15 is 0 Å². The molecule has 8 atom stereocenters. The van der Waals surface area contributed by atoms with E-state index in [4.69, 9.17) is 4.74 Å². The molecule has 0 aromatic rings. The van der Waals surface area contributed by atoms with Crippen LogP contribution in [0.2, 0.25) is 0 Å². The Morgan fingerprint density at radius 1 is 0.788 bits per heavy atom. The van der Waals surface area contributed by atoms with Gasteiger partial charge in [-0.05, 0) is 37.5 Å². The standard InChI is InChI=1S/C26H34O7/c1-3-5-9-25-11-7-15(13-25)17(21(27)28)19(25)23(31)33-24(32)20-18(22(29)30)16-8-12-26(20,14-16)10-6-4-2/h7-8,11-12,15-20H,3-6,9-10,13-14H2,1-2H3,(H,27,28)(H,29,30). The van der Waals surface area contributed by atoms with Crippen LogP contribution in [-0.2, 0) is 23.9 Å². The summed E-state index contributed by atoms with van der Waals surface area (Å²) in [7, 11) is 0. The zero-order valence-electron chi connectivity index (χ0n) is 19.4. The molecule has 0 spiro atoms. The Morgan fingerprint density at radius 2 is 1.18 bits per heavy atom. The highest BCUT2D eigenvalue weighted by molar-refractivity contribution is 5.94. The molecule has 0 aromatic carbocycles. The molecule has 0 saturated heterocycles. The summed E-state index contributed by atoms with van der Waals surface area (Å²) in [6.45, 7) is 4.08. The number of hydrogen-bond donors (Lipinski definition) is 2. The Kier molecular flexibility index (Phi) is 6.27. The summed E-state index contributed by atoms with van der Waals surface area (Å²) < 4.78 is 5.42.